The van der Waals surface area contributed by atoms with E-state index in [1.54, 1.807) is 49.5 Å². The predicted molar refractivity (Wildman–Crippen MR) is 90.8 cm³/mol. The van der Waals surface area contributed by atoms with Gasteiger partial charge in [-0.2, -0.15) is 5.10 Å². The molecule has 3 rings (SSSR count). The molecule has 2 aromatic carbocycles. The van der Waals surface area contributed by atoms with E-state index in [0.717, 1.165) is 10.9 Å². The highest BCUT2D eigenvalue weighted by Crippen LogP contribution is 2.28. The fourth-order valence-corrected chi connectivity index (χ4v) is 2.65. The number of hydrogen-bond donors (Lipinski definition) is 3. The van der Waals surface area contributed by atoms with Crippen LogP contribution in [0.2, 0.25) is 0 Å². The molecule has 0 aliphatic heterocycles. The third-order valence-electron chi connectivity index (χ3n) is 4.12. The second-order valence-corrected chi connectivity index (χ2v) is 5.90. The SMILES string of the molecule is CC(CC(=O)Nc1ccc2cn[nH]c2c1)(C(=O)O)c1ccccc1. The van der Waals surface area contributed by atoms with E-state index < -0.39 is 11.4 Å². The van der Waals surface area contributed by atoms with Gasteiger partial charge >= 0.3 is 5.97 Å². The molecule has 3 N–H and O–H groups in total. The largest absolute Gasteiger partial charge is 0.481 e. The van der Waals surface area contributed by atoms with Crippen molar-refractivity contribution in [1.82, 2.24) is 10.2 Å². The van der Waals surface area contributed by atoms with Gasteiger partial charge in [-0.3, -0.25) is 14.7 Å². The van der Waals surface area contributed by atoms with Crippen molar-refractivity contribution in [2.75, 3.05) is 5.32 Å². The first-order chi connectivity index (χ1) is 11.5. The number of nitrogens with one attached hydrogen (secondary N) is 2. The molecule has 6 nitrogen and oxygen atoms in total. The smallest absolute Gasteiger partial charge is 0.314 e. The molecule has 0 aliphatic rings. The van der Waals surface area contributed by atoms with E-state index in [9.17, 15) is 14.7 Å². The number of hydrogen-bond acceptors (Lipinski definition) is 3. The number of aromatic amines is 1. The lowest BCUT2D eigenvalue weighted by Gasteiger charge is -2.24. The summed E-state index contributed by atoms with van der Waals surface area (Å²) in [4.78, 5) is 24.1. The first-order valence-corrected chi connectivity index (χ1v) is 7.51. The van der Waals surface area contributed by atoms with Crippen LogP contribution in [0.1, 0.15) is 18.9 Å². The van der Waals surface area contributed by atoms with Crippen molar-refractivity contribution in [2.24, 2.45) is 0 Å². The molecular weight excluding hydrogens is 306 g/mol. The van der Waals surface area contributed by atoms with E-state index in [-0.39, 0.29) is 12.3 Å². The molecule has 0 aliphatic carbocycles. The van der Waals surface area contributed by atoms with Gasteiger partial charge in [-0.1, -0.05) is 30.3 Å². The van der Waals surface area contributed by atoms with Gasteiger partial charge in [-0.25, -0.2) is 0 Å². The molecule has 1 amide bonds. The molecule has 24 heavy (non-hydrogen) atoms. The number of rotatable bonds is 5. The highest BCUT2D eigenvalue weighted by molar-refractivity contribution is 5.97. The molecule has 0 saturated heterocycles. The van der Waals surface area contributed by atoms with Crippen molar-refractivity contribution >= 4 is 28.5 Å². The Morgan fingerprint density at radius 2 is 1.96 bits per heavy atom. The molecule has 0 radical (unpaired) electrons. The molecule has 1 aromatic heterocycles. The number of anilines is 1. The Morgan fingerprint density at radius 3 is 2.67 bits per heavy atom. The van der Waals surface area contributed by atoms with Crippen LogP contribution in [0.25, 0.3) is 10.9 Å². The lowest BCUT2D eigenvalue weighted by molar-refractivity contribution is -0.145. The zero-order valence-corrected chi connectivity index (χ0v) is 13.1. The first-order valence-electron chi connectivity index (χ1n) is 7.51. The molecule has 0 spiro atoms. The van der Waals surface area contributed by atoms with Crippen LogP contribution in [-0.2, 0) is 15.0 Å². The molecule has 1 unspecified atom stereocenters. The van der Waals surface area contributed by atoms with Crippen LogP contribution in [-0.4, -0.2) is 27.2 Å². The average Bonchev–Trinajstić information content (AvgIpc) is 3.03. The van der Waals surface area contributed by atoms with Gasteiger partial charge in [0.05, 0.1) is 17.1 Å². The van der Waals surface area contributed by atoms with Crippen LogP contribution >= 0.6 is 0 Å². The summed E-state index contributed by atoms with van der Waals surface area (Å²) in [6.45, 7) is 1.56. The number of fused-ring (bicyclic) bond motifs is 1. The Morgan fingerprint density at radius 1 is 1.21 bits per heavy atom. The van der Waals surface area contributed by atoms with Crippen LogP contribution in [0.5, 0.6) is 0 Å². The Labute approximate surface area is 138 Å². The van der Waals surface area contributed by atoms with E-state index in [0.29, 0.717) is 11.3 Å². The summed E-state index contributed by atoms with van der Waals surface area (Å²) in [5.41, 5.74) is 0.703. The second kappa shape index (κ2) is 6.16. The normalized spacial score (nSPS) is 13.4. The number of benzene rings is 2. The van der Waals surface area contributed by atoms with Gasteiger partial charge in [0.2, 0.25) is 5.91 Å². The van der Waals surface area contributed by atoms with Crippen molar-refractivity contribution in [3.8, 4) is 0 Å². The van der Waals surface area contributed by atoms with Crippen LogP contribution < -0.4 is 5.32 Å². The van der Waals surface area contributed by atoms with Gasteiger partial charge in [-0.15, -0.1) is 0 Å². The lowest BCUT2D eigenvalue weighted by atomic mass is 9.79. The number of carboxylic acid groups (broad SMARTS) is 1. The topological polar surface area (TPSA) is 95.1 Å². The molecule has 0 saturated carbocycles. The summed E-state index contributed by atoms with van der Waals surface area (Å²) in [7, 11) is 0. The maximum Gasteiger partial charge on any atom is 0.314 e. The van der Waals surface area contributed by atoms with Crippen molar-refractivity contribution in [2.45, 2.75) is 18.8 Å². The van der Waals surface area contributed by atoms with Gasteiger partial charge in [0.25, 0.3) is 0 Å². The minimum atomic E-state index is -1.29. The maximum atomic E-state index is 12.4. The van der Waals surface area contributed by atoms with Gasteiger partial charge in [0.15, 0.2) is 0 Å². The molecule has 1 heterocycles. The molecule has 0 fully saturated rings. The number of aromatic nitrogens is 2. The number of amides is 1. The zero-order chi connectivity index (χ0) is 17.2. The number of nitrogens with zero attached hydrogens (tertiary/aromatic N) is 1. The van der Waals surface area contributed by atoms with E-state index in [1.807, 2.05) is 12.1 Å². The van der Waals surface area contributed by atoms with E-state index in [2.05, 4.69) is 15.5 Å². The molecule has 6 heteroatoms. The van der Waals surface area contributed by atoms with E-state index in [4.69, 9.17) is 0 Å². The summed E-state index contributed by atoms with van der Waals surface area (Å²) in [5.74, 6) is -1.39. The van der Waals surface area contributed by atoms with Crippen LogP contribution in [0, 0.1) is 0 Å². The van der Waals surface area contributed by atoms with Crippen molar-refractivity contribution in [1.29, 1.82) is 0 Å². The highest BCUT2D eigenvalue weighted by Gasteiger charge is 2.37. The van der Waals surface area contributed by atoms with Gasteiger partial charge in [-0.05, 0) is 30.7 Å². The Kier molecular flexibility index (Phi) is 4.04. The van der Waals surface area contributed by atoms with Gasteiger partial charge < -0.3 is 10.4 Å². The Balaban J connectivity index is 1.80. The quantitative estimate of drug-likeness (QED) is 0.673. The molecular formula is C18H17N3O3. The standard InChI is InChI=1S/C18H17N3O3/c1-18(17(23)24,13-5-3-2-4-6-13)10-16(22)20-14-8-7-12-11-19-21-15(12)9-14/h2-9,11H,10H2,1H3,(H,19,21)(H,20,22)(H,23,24). The number of carbonyl (C=O) groups is 2. The van der Waals surface area contributed by atoms with Crippen LogP contribution in [0.3, 0.4) is 0 Å². The summed E-state index contributed by atoms with van der Waals surface area (Å²) in [5, 5.41) is 20.1. The van der Waals surface area contributed by atoms with E-state index >= 15 is 0 Å². The van der Waals surface area contributed by atoms with Crippen molar-refractivity contribution < 1.29 is 14.7 Å². The summed E-state index contributed by atoms with van der Waals surface area (Å²) in [6.07, 6.45) is 1.53. The maximum absolute atomic E-state index is 12.4. The fraction of sp³-hybridized carbons (Fsp3) is 0.167. The zero-order valence-electron chi connectivity index (χ0n) is 13.1. The number of carboxylic acids is 1. The monoisotopic (exact) mass is 323 g/mol. The van der Waals surface area contributed by atoms with Crippen LogP contribution in [0.4, 0.5) is 5.69 Å². The lowest BCUT2D eigenvalue weighted by Crippen LogP contribution is -2.36. The summed E-state index contributed by atoms with van der Waals surface area (Å²) < 4.78 is 0. The van der Waals surface area contributed by atoms with Crippen molar-refractivity contribution in [3.05, 3.63) is 60.3 Å². The van der Waals surface area contributed by atoms with Crippen LogP contribution in [0.15, 0.2) is 54.7 Å². The first kappa shape index (κ1) is 15.7. The molecule has 3 aromatic rings. The van der Waals surface area contributed by atoms with E-state index in [1.165, 1.54) is 0 Å². The average molecular weight is 323 g/mol. The third-order valence-corrected chi connectivity index (χ3v) is 4.12. The summed E-state index contributed by atoms with van der Waals surface area (Å²) in [6, 6.07) is 14.1. The van der Waals surface area contributed by atoms with Gasteiger partial charge in [0, 0.05) is 17.5 Å². The fourth-order valence-electron chi connectivity index (χ4n) is 2.65. The minimum absolute atomic E-state index is 0.159. The summed E-state index contributed by atoms with van der Waals surface area (Å²) >= 11 is 0. The molecule has 122 valence electrons. The number of carbonyl (C=O) groups excluding carboxylic acids is 1. The second-order valence-electron chi connectivity index (χ2n) is 5.90. The predicted octanol–water partition coefficient (Wildman–Crippen LogP) is 2.93. The highest BCUT2D eigenvalue weighted by atomic mass is 16.4. The molecule has 1 atom stereocenters. The van der Waals surface area contributed by atoms with Crippen molar-refractivity contribution in [3.63, 3.8) is 0 Å². The van der Waals surface area contributed by atoms with Gasteiger partial charge in [0.1, 0.15) is 0 Å². The number of aliphatic carboxylic acids is 1. The third kappa shape index (κ3) is 2.99. The minimum Gasteiger partial charge on any atom is -0.481 e. The Hall–Kier alpha value is -3.15. The molecule has 0 bridgehead atoms. The Bertz CT molecular complexity index is 889. The number of H-pyrrole nitrogens is 1.